The molecule has 0 bridgehead atoms. The van der Waals surface area contributed by atoms with Crippen LogP contribution in [0.5, 0.6) is 0 Å². The van der Waals surface area contributed by atoms with Gasteiger partial charge in [-0.2, -0.15) is 5.10 Å². The fraction of sp³-hybridized carbons (Fsp3) is 0.227. The molecular formula is C22H22FN5O4. The van der Waals surface area contributed by atoms with Crippen molar-refractivity contribution >= 4 is 35.0 Å². The number of primary amides is 1. The predicted octanol–water partition coefficient (Wildman–Crippen LogP) is 1.55. The highest BCUT2D eigenvalue weighted by atomic mass is 19.1. The minimum absolute atomic E-state index is 0.00497. The molecule has 0 saturated heterocycles. The van der Waals surface area contributed by atoms with Crippen molar-refractivity contribution in [3.8, 4) is 0 Å². The highest BCUT2D eigenvalue weighted by molar-refractivity contribution is 6.43. The van der Waals surface area contributed by atoms with Crippen LogP contribution in [0.4, 0.5) is 10.1 Å². The van der Waals surface area contributed by atoms with Gasteiger partial charge in [0, 0.05) is 25.8 Å². The molecule has 0 fully saturated rings. The van der Waals surface area contributed by atoms with Crippen molar-refractivity contribution < 1.29 is 23.6 Å². The number of anilines is 1. The van der Waals surface area contributed by atoms with E-state index >= 15 is 0 Å². The number of hydrogen-bond donors (Lipinski definition) is 3. The normalized spacial score (nSPS) is 13.3. The van der Waals surface area contributed by atoms with Gasteiger partial charge in [-0.3, -0.25) is 19.2 Å². The van der Waals surface area contributed by atoms with Crippen molar-refractivity contribution in [1.29, 1.82) is 0 Å². The Morgan fingerprint density at radius 3 is 2.47 bits per heavy atom. The number of nitrogens with zero attached hydrogens (tertiary/aromatic N) is 2. The third-order valence-corrected chi connectivity index (χ3v) is 4.69. The third-order valence-electron chi connectivity index (χ3n) is 4.69. The molecule has 0 unspecified atom stereocenters. The summed E-state index contributed by atoms with van der Waals surface area (Å²) in [5.74, 6) is -2.19. The number of halogens is 1. The van der Waals surface area contributed by atoms with E-state index in [1.54, 1.807) is 30.3 Å². The summed E-state index contributed by atoms with van der Waals surface area (Å²) in [6.45, 7) is 0.179. The number of hydrogen-bond acceptors (Lipinski definition) is 5. The summed E-state index contributed by atoms with van der Waals surface area (Å²) in [5, 5.41) is 10.6. The minimum Gasteiger partial charge on any atom is -0.370 e. The molecule has 0 atom stereocenters. The first kappa shape index (κ1) is 22.6. The molecule has 0 aliphatic carbocycles. The lowest BCUT2D eigenvalue weighted by atomic mass is 10.1. The summed E-state index contributed by atoms with van der Waals surface area (Å²) in [6.07, 6.45) is 0.245. The van der Waals surface area contributed by atoms with Crippen LogP contribution in [-0.2, 0) is 20.9 Å². The topological polar surface area (TPSA) is 134 Å². The van der Waals surface area contributed by atoms with Crippen LogP contribution in [0, 0.1) is 5.82 Å². The number of carbonyl (C=O) groups is 4. The molecule has 1 aliphatic rings. The number of hydrazone groups is 1. The molecule has 2 aromatic rings. The SMILES string of the molecule is NC(=O)CCNC(=O)c1ccccc1NC(=O)C1=NN(Cc2ccc(F)cc2)C(=O)CC1. The average molecular weight is 439 g/mol. The van der Waals surface area contributed by atoms with Crippen LogP contribution in [0.25, 0.3) is 0 Å². The van der Waals surface area contributed by atoms with E-state index in [0.717, 1.165) is 0 Å². The molecule has 0 spiro atoms. The van der Waals surface area contributed by atoms with Crippen LogP contribution in [0.1, 0.15) is 35.2 Å². The van der Waals surface area contributed by atoms with Gasteiger partial charge in [0.15, 0.2) is 0 Å². The summed E-state index contributed by atoms with van der Waals surface area (Å²) >= 11 is 0. The first-order valence-corrected chi connectivity index (χ1v) is 9.92. The number of benzene rings is 2. The van der Waals surface area contributed by atoms with Crippen LogP contribution in [-0.4, -0.2) is 40.9 Å². The van der Waals surface area contributed by atoms with E-state index in [4.69, 9.17) is 5.73 Å². The van der Waals surface area contributed by atoms with E-state index in [2.05, 4.69) is 15.7 Å². The van der Waals surface area contributed by atoms with Crippen molar-refractivity contribution in [2.45, 2.75) is 25.8 Å². The van der Waals surface area contributed by atoms with E-state index in [1.807, 2.05) is 0 Å². The maximum Gasteiger partial charge on any atom is 0.271 e. The second-order valence-corrected chi connectivity index (χ2v) is 7.10. The van der Waals surface area contributed by atoms with E-state index < -0.39 is 17.7 Å². The number of nitrogens with one attached hydrogen (secondary N) is 2. The largest absolute Gasteiger partial charge is 0.370 e. The molecule has 9 nitrogen and oxygen atoms in total. The first-order chi connectivity index (χ1) is 15.3. The van der Waals surface area contributed by atoms with Gasteiger partial charge in [-0.25, -0.2) is 9.40 Å². The van der Waals surface area contributed by atoms with Gasteiger partial charge in [-0.1, -0.05) is 24.3 Å². The lowest BCUT2D eigenvalue weighted by molar-refractivity contribution is -0.132. The zero-order valence-electron chi connectivity index (χ0n) is 17.1. The zero-order chi connectivity index (χ0) is 23.1. The van der Waals surface area contributed by atoms with E-state index in [9.17, 15) is 23.6 Å². The third kappa shape index (κ3) is 5.97. The summed E-state index contributed by atoms with van der Waals surface area (Å²) in [4.78, 5) is 48.2. The lowest BCUT2D eigenvalue weighted by Crippen LogP contribution is -2.36. The Morgan fingerprint density at radius 2 is 1.75 bits per heavy atom. The summed E-state index contributed by atoms with van der Waals surface area (Å²) in [6, 6.07) is 12.0. The molecule has 0 saturated carbocycles. The van der Waals surface area contributed by atoms with Crippen LogP contribution in [0.15, 0.2) is 53.6 Å². The number of amides is 4. The molecular weight excluding hydrogens is 417 g/mol. The minimum atomic E-state index is -0.543. The molecule has 4 N–H and O–H groups in total. The van der Waals surface area contributed by atoms with Crippen LogP contribution < -0.4 is 16.4 Å². The Hall–Kier alpha value is -4.08. The van der Waals surface area contributed by atoms with Gasteiger partial charge in [0.05, 0.1) is 17.8 Å². The smallest absolute Gasteiger partial charge is 0.271 e. The van der Waals surface area contributed by atoms with Crippen molar-refractivity contribution in [2.24, 2.45) is 10.8 Å². The standard InChI is InChI=1S/C22H22FN5O4/c23-15-7-5-14(6-8-15)13-28-20(30)10-9-18(27-28)22(32)26-17-4-2-1-3-16(17)21(31)25-12-11-19(24)29/h1-8H,9-13H2,(H2,24,29)(H,25,31)(H,26,32). The first-order valence-electron chi connectivity index (χ1n) is 9.92. The molecule has 32 heavy (non-hydrogen) atoms. The fourth-order valence-electron chi connectivity index (χ4n) is 3.03. The van der Waals surface area contributed by atoms with Gasteiger partial charge in [-0.05, 0) is 29.8 Å². The van der Waals surface area contributed by atoms with Gasteiger partial charge in [0.1, 0.15) is 11.5 Å². The van der Waals surface area contributed by atoms with Gasteiger partial charge >= 0.3 is 0 Å². The van der Waals surface area contributed by atoms with Crippen molar-refractivity contribution in [3.05, 3.63) is 65.5 Å². The molecule has 1 heterocycles. The average Bonchev–Trinajstić information content (AvgIpc) is 2.76. The van der Waals surface area contributed by atoms with Gasteiger partial charge in [0.25, 0.3) is 11.8 Å². The van der Waals surface area contributed by atoms with E-state index in [-0.39, 0.29) is 61.0 Å². The number of nitrogens with two attached hydrogens (primary N) is 1. The van der Waals surface area contributed by atoms with Gasteiger partial charge in [0.2, 0.25) is 11.8 Å². The Balaban J connectivity index is 1.71. The van der Waals surface area contributed by atoms with Gasteiger partial charge in [-0.15, -0.1) is 0 Å². The van der Waals surface area contributed by atoms with Crippen molar-refractivity contribution in [2.75, 3.05) is 11.9 Å². The van der Waals surface area contributed by atoms with E-state index in [0.29, 0.717) is 5.56 Å². The fourth-order valence-corrected chi connectivity index (χ4v) is 3.03. The highest BCUT2D eigenvalue weighted by Gasteiger charge is 2.25. The van der Waals surface area contributed by atoms with Gasteiger partial charge < -0.3 is 16.4 Å². The van der Waals surface area contributed by atoms with E-state index in [1.165, 1.54) is 23.2 Å². The molecule has 10 heteroatoms. The number of para-hydroxylation sites is 1. The maximum atomic E-state index is 13.1. The Kier molecular flexibility index (Phi) is 7.27. The highest BCUT2D eigenvalue weighted by Crippen LogP contribution is 2.18. The van der Waals surface area contributed by atoms with Crippen LogP contribution in [0.3, 0.4) is 0 Å². The molecule has 4 amide bonds. The van der Waals surface area contributed by atoms with Crippen molar-refractivity contribution in [3.63, 3.8) is 0 Å². The Morgan fingerprint density at radius 1 is 1.03 bits per heavy atom. The second-order valence-electron chi connectivity index (χ2n) is 7.10. The lowest BCUT2D eigenvalue weighted by Gasteiger charge is -2.23. The van der Waals surface area contributed by atoms with Crippen molar-refractivity contribution in [1.82, 2.24) is 10.3 Å². The zero-order valence-corrected chi connectivity index (χ0v) is 17.1. The summed E-state index contributed by atoms with van der Waals surface area (Å²) in [7, 11) is 0. The van der Waals surface area contributed by atoms with Crippen LogP contribution >= 0.6 is 0 Å². The van der Waals surface area contributed by atoms with Crippen LogP contribution in [0.2, 0.25) is 0 Å². The number of carbonyl (C=O) groups excluding carboxylic acids is 4. The molecule has 1 aliphatic heterocycles. The molecule has 166 valence electrons. The monoisotopic (exact) mass is 439 g/mol. The predicted molar refractivity (Wildman–Crippen MR) is 115 cm³/mol. The maximum absolute atomic E-state index is 13.1. The molecule has 0 aromatic heterocycles. The molecule has 3 rings (SSSR count). The summed E-state index contributed by atoms with van der Waals surface area (Å²) < 4.78 is 13.1. The quantitative estimate of drug-likeness (QED) is 0.575. The Labute approximate surface area is 183 Å². The number of rotatable bonds is 8. The Bertz CT molecular complexity index is 1070. The summed E-state index contributed by atoms with van der Waals surface area (Å²) in [5.41, 5.74) is 6.34. The molecule has 0 radical (unpaired) electrons. The molecule has 2 aromatic carbocycles. The second kappa shape index (κ2) is 10.3.